The van der Waals surface area contributed by atoms with Crippen LogP contribution >= 0.6 is 0 Å². The van der Waals surface area contributed by atoms with Crippen LogP contribution in [0.15, 0.2) is 24.3 Å². The Morgan fingerprint density at radius 2 is 1.58 bits per heavy atom. The standard InChI is InChI=1S/C18H26N2O4/c1-18(2,3)24-17(23)20-15-10-8-14(9-11-15)19-13-6-4-12(5-7-13)16(21)22/h4-7,14-15,19H,8-11H2,1-3H3,(H,20,23)(H,21,22). The van der Waals surface area contributed by atoms with Crippen molar-refractivity contribution in [2.45, 2.75) is 64.1 Å². The van der Waals surface area contributed by atoms with Gasteiger partial charge in [0.25, 0.3) is 0 Å². The molecule has 0 heterocycles. The fourth-order valence-electron chi connectivity index (χ4n) is 2.80. The number of carbonyl (C=O) groups is 2. The van der Waals surface area contributed by atoms with Gasteiger partial charge in [-0.25, -0.2) is 9.59 Å². The molecule has 0 unspecified atom stereocenters. The summed E-state index contributed by atoms with van der Waals surface area (Å²) in [5, 5.41) is 15.3. The van der Waals surface area contributed by atoms with E-state index in [0.717, 1.165) is 31.4 Å². The molecule has 0 spiro atoms. The first-order valence-corrected chi connectivity index (χ1v) is 8.32. The molecule has 6 heteroatoms. The quantitative estimate of drug-likeness (QED) is 0.782. The van der Waals surface area contributed by atoms with E-state index in [1.165, 1.54) is 0 Å². The molecule has 1 aliphatic carbocycles. The number of aromatic carboxylic acids is 1. The summed E-state index contributed by atoms with van der Waals surface area (Å²) in [7, 11) is 0. The number of carboxylic acid groups (broad SMARTS) is 1. The monoisotopic (exact) mass is 334 g/mol. The Hall–Kier alpha value is -2.24. The van der Waals surface area contributed by atoms with Crippen molar-refractivity contribution in [2.75, 3.05) is 5.32 Å². The maximum Gasteiger partial charge on any atom is 0.407 e. The summed E-state index contributed by atoms with van der Waals surface area (Å²) in [6.07, 6.45) is 3.32. The van der Waals surface area contributed by atoms with Gasteiger partial charge in [-0.2, -0.15) is 0 Å². The SMILES string of the molecule is CC(C)(C)OC(=O)NC1CCC(Nc2ccc(C(=O)O)cc2)CC1. The minimum Gasteiger partial charge on any atom is -0.478 e. The summed E-state index contributed by atoms with van der Waals surface area (Å²) in [4.78, 5) is 22.6. The molecule has 1 aromatic rings. The van der Waals surface area contributed by atoms with Gasteiger partial charge in [0.05, 0.1) is 5.56 Å². The number of ether oxygens (including phenoxy) is 1. The van der Waals surface area contributed by atoms with Crippen molar-refractivity contribution in [3.63, 3.8) is 0 Å². The van der Waals surface area contributed by atoms with Crippen LogP contribution in [0.25, 0.3) is 0 Å². The minimum absolute atomic E-state index is 0.146. The fourth-order valence-corrected chi connectivity index (χ4v) is 2.80. The van der Waals surface area contributed by atoms with Gasteiger partial charge in [0.1, 0.15) is 5.60 Å². The number of carboxylic acids is 1. The molecule has 1 aliphatic rings. The lowest BCUT2D eigenvalue weighted by molar-refractivity contribution is 0.0491. The van der Waals surface area contributed by atoms with Crippen LogP contribution in [-0.2, 0) is 4.74 Å². The molecule has 132 valence electrons. The predicted molar refractivity (Wildman–Crippen MR) is 92.4 cm³/mol. The number of benzene rings is 1. The number of anilines is 1. The van der Waals surface area contributed by atoms with E-state index in [0.29, 0.717) is 6.04 Å². The first kappa shape index (κ1) is 18.1. The van der Waals surface area contributed by atoms with E-state index < -0.39 is 11.6 Å². The van der Waals surface area contributed by atoms with Crippen molar-refractivity contribution in [3.05, 3.63) is 29.8 Å². The third kappa shape index (κ3) is 5.76. The number of carbonyl (C=O) groups excluding carboxylic acids is 1. The molecule has 0 bridgehead atoms. The molecule has 1 fully saturated rings. The summed E-state index contributed by atoms with van der Waals surface area (Å²) in [5.74, 6) is -0.921. The molecule has 0 aromatic heterocycles. The third-order valence-electron chi connectivity index (χ3n) is 3.95. The molecule has 6 nitrogen and oxygen atoms in total. The molecule has 1 amide bonds. The Labute approximate surface area is 142 Å². The number of hydrogen-bond acceptors (Lipinski definition) is 4. The zero-order chi connectivity index (χ0) is 17.7. The molecule has 0 saturated heterocycles. The van der Waals surface area contributed by atoms with E-state index in [2.05, 4.69) is 10.6 Å². The van der Waals surface area contributed by atoms with Crippen LogP contribution in [0.2, 0.25) is 0 Å². The van der Waals surface area contributed by atoms with E-state index in [1.54, 1.807) is 24.3 Å². The number of rotatable bonds is 4. The van der Waals surface area contributed by atoms with E-state index in [-0.39, 0.29) is 17.7 Å². The van der Waals surface area contributed by atoms with Crippen molar-refractivity contribution in [1.82, 2.24) is 5.32 Å². The molecule has 24 heavy (non-hydrogen) atoms. The molecule has 0 atom stereocenters. The number of hydrogen-bond donors (Lipinski definition) is 3. The predicted octanol–water partition coefficient (Wildman–Crippen LogP) is 3.63. The molecular formula is C18H26N2O4. The van der Waals surface area contributed by atoms with Crippen LogP contribution in [0.3, 0.4) is 0 Å². The van der Waals surface area contributed by atoms with Gasteiger partial charge in [0, 0.05) is 17.8 Å². The summed E-state index contributed by atoms with van der Waals surface area (Å²) in [5.41, 5.74) is 0.722. The molecule has 1 aromatic carbocycles. The van der Waals surface area contributed by atoms with E-state index in [9.17, 15) is 9.59 Å². The van der Waals surface area contributed by atoms with Gasteiger partial charge in [-0.1, -0.05) is 0 Å². The van der Waals surface area contributed by atoms with Gasteiger partial charge >= 0.3 is 12.1 Å². The van der Waals surface area contributed by atoms with Gasteiger partial charge in [0.15, 0.2) is 0 Å². The van der Waals surface area contributed by atoms with Gasteiger partial charge in [-0.15, -0.1) is 0 Å². The van der Waals surface area contributed by atoms with Crippen LogP contribution in [0.4, 0.5) is 10.5 Å². The van der Waals surface area contributed by atoms with Crippen molar-refractivity contribution in [1.29, 1.82) is 0 Å². The fraction of sp³-hybridized carbons (Fsp3) is 0.556. The topological polar surface area (TPSA) is 87.7 Å². The van der Waals surface area contributed by atoms with Crippen LogP contribution in [0, 0.1) is 0 Å². The van der Waals surface area contributed by atoms with Crippen molar-refractivity contribution in [3.8, 4) is 0 Å². The van der Waals surface area contributed by atoms with Crippen molar-refractivity contribution in [2.24, 2.45) is 0 Å². The van der Waals surface area contributed by atoms with Gasteiger partial charge < -0.3 is 20.5 Å². The Bertz CT molecular complexity index is 570. The maximum atomic E-state index is 11.8. The van der Waals surface area contributed by atoms with Gasteiger partial charge in [-0.05, 0) is 70.7 Å². The third-order valence-corrected chi connectivity index (χ3v) is 3.95. The highest BCUT2D eigenvalue weighted by atomic mass is 16.6. The second-order valence-corrected chi connectivity index (χ2v) is 7.22. The van der Waals surface area contributed by atoms with Gasteiger partial charge in [0.2, 0.25) is 0 Å². The van der Waals surface area contributed by atoms with Crippen molar-refractivity contribution >= 4 is 17.7 Å². The van der Waals surface area contributed by atoms with Crippen LogP contribution < -0.4 is 10.6 Å². The normalized spacial score (nSPS) is 21.0. The number of amides is 1. The lowest BCUT2D eigenvalue weighted by Crippen LogP contribution is -2.42. The largest absolute Gasteiger partial charge is 0.478 e. The smallest absolute Gasteiger partial charge is 0.407 e. The van der Waals surface area contributed by atoms with Crippen LogP contribution in [0.1, 0.15) is 56.8 Å². The second kappa shape index (κ2) is 7.55. The Balaban J connectivity index is 1.76. The average molecular weight is 334 g/mol. The summed E-state index contributed by atoms with van der Waals surface area (Å²) in [6, 6.07) is 7.24. The molecule has 1 saturated carbocycles. The highest BCUT2D eigenvalue weighted by molar-refractivity contribution is 5.88. The Morgan fingerprint density at radius 3 is 2.08 bits per heavy atom. The zero-order valence-corrected chi connectivity index (χ0v) is 14.5. The second-order valence-electron chi connectivity index (χ2n) is 7.22. The molecule has 0 aliphatic heterocycles. The lowest BCUT2D eigenvalue weighted by Gasteiger charge is -2.31. The zero-order valence-electron chi connectivity index (χ0n) is 14.5. The van der Waals surface area contributed by atoms with E-state index >= 15 is 0 Å². The summed E-state index contributed by atoms with van der Waals surface area (Å²) < 4.78 is 5.28. The average Bonchev–Trinajstić information content (AvgIpc) is 2.48. The molecule has 0 radical (unpaired) electrons. The summed E-state index contributed by atoms with van der Waals surface area (Å²) in [6.45, 7) is 5.55. The molecular weight excluding hydrogens is 308 g/mol. The van der Waals surface area contributed by atoms with Crippen LogP contribution in [0.5, 0.6) is 0 Å². The Morgan fingerprint density at radius 1 is 1.04 bits per heavy atom. The first-order valence-electron chi connectivity index (χ1n) is 8.32. The van der Waals surface area contributed by atoms with Gasteiger partial charge in [-0.3, -0.25) is 0 Å². The molecule has 2 rings (SSSR count). The number of nitrogens with one attached hydrogen (secondary N) is 2. The first-order chi connectivity index (χ1) is 11.2. The van der Waals surface area contributed by atoms with E-state index in [4.69, 9.17) is 9.84 Å². The highest BCUT2D eigenvalue weighted by Gasteiger charge is 2.24. The highest BCUT2D eigenvalue weighted by Crippen LogP contribution is 2.23. The maximum absolute atomic E-state index is 11.8. The van der Waals surface area contributed by atoms with E-state index in [1.807, 2.05) is 20.8 Å². The van der Waals surface area contributed by atoms with Crippen molar-refractivity contribution < 1.29 is 19.4 Å². The number of alkyl carbamates (subject to hydrolysis) is 1. The molecule has 3 N–H and O–H groups in total. The lowest BCUT2D eigenvalue weighted by atomic mass is 9.91. The van der Waals surface area contributed by atoms with Crippen LogP contribution in [-0.4, -0.2) is 34.9 Å². The Kier molecular flexibility index (Phi) is 5.70. The summed E-state index contributed by atoms with van der Waals surface area (Å²) >= 11 is 0. The minimum atomic E-state index is -0.921.